The third-order valence-electron chi connectivity index (χ3n) is 3.51. The normalized spacial score (nSPS) is 12.4. The molecule has 1 heterocycles. The third-order valence-corrected chi connectivity index (χ3v) is 3.51. The van der Waals surface area contributed by atoms with Gasteiger partial charge in [-0.2, -0.15) is 5.10 Å². The highest BCUT2D eigenvalue weighted by Crippen LogP contribution is 2.22. The topological polar surface area (TPSA) is 39.1 Å². The van der Waals surface area contributed by atoms with Crippen molar-refractivity contribution in [1.82, 2.24) is 15.1 Å². The Labute approximate surface area is 124 Å². The van der Waals surface area contributed by atoms with Crippen LogP contribution < -0.4 is 10.1 Å². The van der Waals surface area contributed by atoms with Gasteiger partial charge in [-0.15, -0.1) is 0 Å². The highest BCUT2D eigenvalue weighted by molar-refractivity contribution is 5.30. The first-order chi connectivity index (χ1) is 10.2. The number of nitrogens with one attached hydrogen (secondary N) is 1. The number of aryl methyl sites for hydroxylation is 1. The molecule has 0 aliphatic carbocycles. The molecular weight excluding hydrogens is 269 g/mol. The van der Waals surface area contributed by atoms with Crippen molar-refractivity contribution in [2.45, 2.75) is 25.8 Å². The molecule has 1 aromatic carbocycles. The van der Waals surface area contributed by atoms with Crippen LogP contribution in [0, 0.1) is 5.82 Å². The minimum atomic E-state index is -0.325. The maximum absolute atomic E-state index is 13.8. The van der Waals surface area contributed by atoms with Crippen LogP contribution in [-0.2, 0) is 13.5 Å². The van der Waals surface area contributed by atoms with Gasteiger partial charge in [0.1, 0.15) is 0 Å². The number of hydrogen-bond acceptors (Lipinski definition) is 3. The summed E-state index contributed by atoms with van der Waals surface area (Å²) < 4.78 is 20.6. The van der Waals surface area contributed by atoms with Crippen molar-refractivity contribution < 1.29 is 9.13 Å². The fourth-order valence-electron chi connectivity index (χ4n) is 2.40. The van der Waals surface area contributed by atoms with E-state index in [0.717, 1.165) is 24.2 Å². The molecule has 2 rings (SSSR count). The highest BCUT2D eigenvalue weighted by Gasteiger charge is 2.16. The molecule has 0 radical (unpaired) electrons. The lowest BCUT2D eigenvalue weighted by atomic mass is 10.0. The number of nitrogens with zero attached hydrogens (tertiary/aromatic N) is 2. The Morgan fingerprint density at radius 2 is 2.19 bits per heavy atom. The second-order valence-electron chi connectivity index (χ2n) is 5.06. The fourth-order valence-corrected chi connectivity index (χ4v) is 2.40. The van der Waals surface area contributed by atoms with Gasteiger partial charge in [-0.25, -0.2) is 4.39 Å². The smallest absolute Gasteiger partial charge is 0.165 e. The van der Waals surface area contributed by atoms with Crippen molar-refractivity contribution in [1.29, 1.82) is 0 Å². The maximum Gasteiger partial charge on any atom is 0.165 e. The Hall–Kier alpha value is -1.88. The summed E-state index contributed by atoms with van der Waals surface area (Å²) in [6, 6.07) is 7.22. The van der Waals surface area contributed by atoms with Crippen LogP contribution >= 0.6 is 0 Å². The van der Waals surface area contributed by atoms with Gasteiger partial charge in [0, 0.05) is 13.2 Å². The molecule has 0 amide bonds. The molecule has 2 aromatic rings. The van der Waals surface area contributed by atoms with Crippen molar-refractivity contribution in [2.75, 3.05) is 13.7 Å². The molecule has 1 aromatic heterocycles. The number of benzene rings is 1. The maximum atomic E-state index is 13.8. The molecule has 0 saturated heterocycles. The lowest BCUT2D eigenvalue weighted by Crippen LogP contribution is -2.26. The van der Waals surface area contributed by atoms with E-state index in [1.54, 1.807) is 12.3 Å². The largest absolute Gasteiger partial charge is 0.494 e. The molecule has 1 atom stereocenters. The molecule has 21 heavy (non-hydrogen) atoms. The molecule has 1 unspecified atom stereocenters. The Balaban J connectivity index is 2.18. The summed E-state index contributed by atoms with van der Waals surface area (Å²) in [6.45, 7) is 3.04. The minimum absolute atomic E-state index is 0.116. The molecule has 4 nitrogen and oxygen atoms in total. The van der Waals surface area contributed by atoms with E-state index in [2.05, 4.69) is 17.3 Å². The Morgan fingerprint density at radius 1 is 1.38 bits per heavy atom. The van der Waals surface area contributed by atoms with Crippen molar-refractivity contribution >= 4 is 0 Å². The van der Waals surface area contributed by atoms with Crippen LogP contribution in [-0.4, -0.2) is 23.4 Å². The van der Waals surface area contributed by atoms with Gasteiger partial charge in [-0.1, -0.05) is 13.0 Å². The van der Waals surface area contributed by atoms with Crippen LogP contribution in [0.2, 0.25) is 0 Å². The van der Waals surface area contributed by atoms with Crippen molar-refractivity contribution in [3.05, 3.63) is 47.5 Å². The number of rotatable bonds is 7. The van der Waals surface area contributed by atoms with Crippen LogP contribution in [0.15, 0.2) is 30.5 Å². The molecular formula is C16H22FN3O. The van der Waals surface area contributed by atoms with Gasteiger partial charge in [-0.3, -0.25) is 4.68 Å². The first kappa shape index (κ1) is 15.5. The van der Waals surface area contributed by atoms with Gasteiger partial charge in [0.2, 0.25) is 0 Å². The quantitative estimate of drug-likeness (QED) is 0.852. The van der Waals surface area contributed by atoms with E-state index in [4.69, 9.17) is 4.74 Å². The van der Waals surface area contributed by atoms with E-state index in [0.29, 0.717) is 6.42 Å². The summed E-state index contributed by atoms with van der Waals surface area (Å²) in [4.78, 5) is 0. The summed E-state index contributed by atoms with van der Waals surface area (Å²) in [6.07, 6.45) is 3.54. The van der Waals surface area contributed by atoms with Crippen molar-refractivity contribution in [2.24, 2.45) is 7.05 Å². The highest BCUT2D eigenvalue weighted by atomic mass is 19.1. The van der Waals surface area contributed by atoms with E-state index in [9.17, 15) is 4.39 Å². The summed E-state index contributed by atoms with van der Waals surface area (Å²) in [5.74, 6) is -0.0494. The zero-order chi connectivity index (χ0) is 15.2. The van der Waals surface area contributed by atoms with Crippen LogP contribution in [0.1, 0.15) is 30.6 Å². The predicted octanol–water partition coefficient (Wildman–Crippen LogP) is 2.85. The summed E-state index contributed by atoms with van der Waals surface area (Å²) in [5.41, 5.74) is 2.03. The molecule has 1 N–H and O–H groups in total. The minimum Gasteiger partial charge on any atom is -0.494 e. The van der Waals surface area contributed by atoms with Crippen LogP contribution in [0.3, 0.4) is 0 Å². The van der Waals surface area contributed by atoms with Crippen molar-refractivity contribution in [3.8, 4) is 5.75 Å². The molecule has 5 heteroatoms. The van der Waals surface area contributed by atoms with Gasteiger partial charge >= 0.3 is 0 Å². The first-order valence-electron chi connectivity index (χ1n) is 7.19. The summed E-state index contributed by atoms with van der Waals surface area (Å²) in [7, 11) is 3.39. The average molecular weight is 291 g/mol. The van der Waals surface area contributed by atoms with Crippen LogP contribution in [0.25, 0.3) is 0 Å². The molecule has 0 fully saturated rings. The van der Waals surface area contributed by atoms with E-state index < -0.39 is 0 Å². The van der Waals surface area contributed by atoms with Crippen LogP contribution in [0.4, 0.5) is 4.39 Å². The number of methoxy groups -OCH3 is 1. The Morgan fingerprint density at radius 3 is 2.76 bits per heavy atom. The van der Waals surface area contributed by atoms with Crippen molar-refractivity contribution in [3.63, 3.8) is 0 Å². The lowest BCUT2D eigenvalue weighted by Gasteiger charge is -2.19. The second kappa shape index (κ2) is 7.22. The molecule has 0 bridgehead atoms. The Bertz CT molecular complexity index is 583. The standard InChI is InChI=1S/C16H22FN3O/c1-4-8-18-14(15-7-9-19-20(15)2)11-12-5-6-16(21-3)13(17)10-12/h5-7,9-10,14,18H,4,8,11H2,1-3H3. The number of aromatic nitrogens is 2. The SMILES string of the molecule is CCCNC(Cc1ccc(OC)c(F)c1)c1ccnn1C. The molecule has 0 aliphatic heterocycles. The number of hydrogen-bond donors (Lipinski definition) is 1. The van der Waals surface area contributed by atoms with E-state index in [1.165, 1.54) is 13.2 Å². The molecule has 0 aliphatic rings. The monoisotopic (exact) mass is 291 g/mol. The van der Waals surface area contributed by atoms with Gasteiger partial charge in [0.05, 0.1) is 18.8 Å². The average Bonchev–Trinajstić information content (AvgIpc) is 2.90. The number of ether oxygens (including phenoxy) is 1. The molecule has 0 saturated carbocycles. The van der Waals surface area contributed by atoms with E-state index in [-0.39, 0.29) is 17.6 Å². The number of halogens is 1. The van der Waals surface area contributed by atoms with Crippen LogP contribution in [0.5, 0.6) is 5.75 Å². The fraction of sp³-hybridized carbons (Fsp3) is 0.438. The molecule has 114 valence electrons. The van der Waals surface area contributed by atoms with E-state index in [1.807, 2.05) is 23.9 Å². The first-order valence-corrected chi connectivity index (χ1v) is 7.19. The van der Waals surface area contributed by atoms with Gasteiger partial charge < -0.3 is 10.1 Å². The Kier molecular flexibility index (Phi) is 5.33. The summed E-state index contributed by atoms with van der Waals surface area (Å²) >= 11 is 0. The van der Waals surface area contributed by atoms with Gasteiger partial charge in [0.15, 0.2) is 11.6 Å². The second-order valence-corrected chi connectivity index (χ2v) is 5.06. The zero-order valence-corrected chi connectivity index (χ0v) is 12.8. The van der Waals surface area contributed by atoms with Gasteiger partial charge in [0.25, 0.3) is 0 Å². The third kappa shape index (κ3) is 3.82. The molecule has 0 spiro atoms. The summed E-state index contributed by atoms with van der Waals surface area (Å²) in [5, 5.41) is 7.71. The predicted molar refractivity (Wildman–Crippen MR) is 80.9 cm³/mol. The zero-order valence-electron chi connectivity index (χ0n) is 12.8. The van der Waals surface area contributed by atoms with Gasteiger partial charge in [-0.05, 0) is 43.1 Å². The lowest BCUT2D eigenvalue weighted by molar-refractivity contribution is 0.385. The van der Waals surface area contributed by atoms with E-state index >= 15 is 0 Å².